The molecule has 7 nitrogen and oxygen atoms in total. The molecule has 0 saturated heterocycles. The van der Waals surface area contributed by atoms with Crippen LogP contribution in [0.15, 0.2) is 21.1 Å². The Morgan fingerprint density at radius 1 is 1.08 bits per heavy atom. The van der Waals surface area contributed by atoms with E-state index >= 15 is 0 Å². The topological polar surface area (TPSA) is 116 Å². The van der Waals surface area contributed by atoms with Crippen molar-refractivity contribution in [1.82, 2.24) is 10.6 Å². The molecule has 0 aromatic carbocycles. The van der Waals surface area contributed by atoms with Crippen LogP contribution < -0.4 is 10.6 Å². The van der Waals surface area contributed by atoms with Gasteiger partial charge in [0.2, 0.25) is 0 Å². The second-order valence-electron chi connectivity index (χ2n) is 6.58. The van der Waals surface area contributed by atoms with Crippen molar-refractivity contribution >= 4 is 28.0 Å². The Kier molecular flexibility index (Phi) is 5.22. The summed E-state index contributed by atoms with van der Waals surface area (Å²) in [4.78, 5) is 36.4. The maximum atomic E-state index is 12.4. The molecule has 0 bridgehead atoms. The number of carboxylic acids is 2. The third-order valence-electron chi connectivity index (χ3n) is 4.97. The highest BCUT2D eigenvalue weighted by molar-refractivity contribution is 8.40. The zero-order valence-corrected chi connectivity index (χ0v) is 15.9. The first-order valence-electron chi connectivity index (χ1n) is 8.48. The van der Waals surface area contributed by atoms with E-state index < -0.39 is 28.0 Å². The number of amides is 2. The van der Waals surface area contributed by atoms with E-state index in [-0.39, 0.29) is 21.0 Å². The fourth-order valence-corrected chi connectivity index (χ4v) is 7.01. The second kappa shape index (κ2) is 6.74. The molecule has 1 heterocycles. The maximum Gasteiger partial charge on any atom is 0.341 e. The number of aliphatic carboxylic acids is 2. The van der Waals surface area contributed by atoms with Crippen LogP contribution in [-0.4, -0.2) is 45.2 Å². The number of urea groups is 1. The van der Waals surface area contributed by atoms with Crippen molar-refractivity contribution < 1.29 is 24.6 Å². The first-order valence-corrected chi connectivity index (χ1v) is 10.4. The van der Waals surface area contributed by atoms with Crippen molar-refractivity contribution in [3.63, 3.8) is 0 Å². The van der Waals surface area contributed by atoms with Crippen LogP contribution in [0.1, 0.15) is 47.0 Å². The Labute approximate surface area is 148 Å². The lowest BCUT2D eigenvalue weighted by atomic mass is 10.0. The highest BCUT2D eigenvalue weighted by Crippen LogP contribution is 2.67. The van der Waals surface area contributed by atoms with Crippen LogP contribution in [0.25, 0.3) is 0 Å². The van der Waals surface area contributed by atoms with Gasteiger partial charge in [-0.2, -0.15) is 10.0 Å². The van der Waals surface area contributed by atoms with Crippen molar-refractivity contribution in [3.8, 4) is 0 Å². The molecular weight excluding hydrogens is 344 g/mol. The Bertz CT molecular complexity index is 687. The van der Waals surface area contributed by atoms with Crippen molar-refractivity contribution in [3.05, 3.63) is 21.1 Å². The van der Waals surface area contributed by atoms with Crippen LogP contribution in [-0.2, 0) is 9.59 Å². The molecule has 1 saturated carbocycles. The molecule has 25 heavy (non-hydrogen) atoms. The minimum absolute atomic E-state index is 0.0466. The summed E-state index contributed by atoms with van der Waals surface area (Å²) in [6.07, 6.45) is 2.05. The zero-order chi connectivity index (χ0) is 19.0. The summed E-state index contributed by atoms with van der Waals surface area (Å²) in [6, 6.07) is -0.463. The highest BCUT2D eigenvalue weighted by Gasteiger charge is 2.47. The standard InChI is InChI=1S/C17H26N2O5S/c1-5-10-11(14(20)21)13(18-16(24)19-17(4)8-9-17)25(6-2,7-3)12(10)15(22)23/h5-9H2,1-4H3,(H,20,21)(H,22,23)(H2,18,19,24). The Balaban J connectivity index is 2.54. The van der Waals surface area contributed by atoms with Gasteiger partial charge >= 0.3 is 18.0 Å². The Morgan fingerprint density at radius 3 is 2.00 bits per heavy atom. The van der Waals surface area contributed by atoms with Crippen molar-refractivity contribution in [2.45, 2.75) is 52.5 Å². The SMILES string of the molecule is CCC1=C(C(=O)O)S(CC)(CC)C(NC(=O)NC2(C)CC2)=C1C(=O)O. The van der Waals surface area contributed by atoms with E-state index in [0.29, 0.717) is 23.5 Å². The summed E-state index contributed by atoms with van der Waals surface area (Å²) in [5.41, 5.74) is 0.0287. The number of hydrogen-bond donors (Lipinski definition) is 4. The van der Waals surface area contributed by atoms with Gasteiger partial charge in [-0.1, -0.05) is 20.8 Å². The van der Waals surface area contributed by atoms with E-state index in [1.807, 2.05) is 20.8 Å². The number of rotatable bonds is 7. The summed E-state index contributed by atoms with van der Waals surface area (Å²) >= 11 is 0. The number of nitrogens with one attached hydrogen (secondary N) is 2. The smallest absolute Gasteiger partial charge is 0.341 e. The van der Waals surface area contributed by atoms with Crippen LogP contribution in [0.4, 0.5) is 4.79 Å². The molecule has 2 amide bonds. The van der Waals surface area contributed by atoms with Gasteiger partial charge in [0, 0.05) is 5.54 Å². The molecule has 0 aromatic heterocycles. The largest absolute Gasteiger partial charge is 0.478 e. The third kappa shape index (κ3) is 3.27. The molecule has 0 aromatic rings. The lowest BCUT2D eigenvalue weighted by molar-refractivity contribution is -0.132. The second-order valence-corrected chi connectivity index (χ2v) is 10.3. The zero-order valence-electron chi connectivity index (χ0n) is 15.1. The van der Waals surface area contributed by atoms with Crippen molar-refractivity contribution in [1.29, 1.82) is 0 Å². The molecule has 0 atom stereocenters. The first-order chi connectivity index (χ1) is 11.7. The predicted molar refractivity (Wildman–Crippen MR) is 97.6 cm³/mol. The fraction of sp³-hybridized carbons (Fsp3) is 0.588. The highest BCUT2D eigenvalue weighted by atomic mass is 32.3. The number of carboxylic acid groups (broad SMARTS) is 2. The average molecular weight is 370 g/mol. The van der Waals surface area contributed by atoms with Gasteiger partial charge in [0.05, 0.1) is 15.5 Å². The molecule has 2 rings (SSSR count). The Morgan fingerprint density at radius 2 is 1.64 bits per heavy atom. The van der Waals surface area contributed by atoms with Gasteiger partial charge in [0.25, 0.3) is 0 Å². The molecule has 8 heteroatoms. The van der Waals surface area contributed by atoms with Gasteiger partial charge in [-0.3, -0.25) is 0 Å². The molecule has 1 aliphatic heterocycles. The molecule has 0 unspecified atom stereocenters. The van der Waals surface area contributed by atoms with E-state index in [9.17, 15) is 24.6 Å². The van der Waals surface area contributed by atoms with Crippen LogP contribution in [0.5, 0.6) is 0 Å². The van der Waals surface area contributed by atoms with Gasteiger partial charge in [-0.05, 0) is 43.3 Å². The van der Waals surface area contributed by atoms with Crippen molar-refractivity contribution in [2.24, 2.45) is 0 Å². The van der Waals surface area contributed by atoms with Crippen LogP contribution in [0.3, 0.4) is 0 Å². The summed E-state index contributed by atoms with van der Waals surface area (Å²) in [6.45, 7) is 7.36. The van der Waals surface area contributed by atoms with Gasteiger partial charge in [0.15, 0.2) is 0 Å². The molecule has 0 radical (unpaired) electrons. The lowest BCUT2D eigenvalue weighted by Gasteiger charge is -2.38. The van der Waals surface area contributed by atoms with Gasteiger partial charge in [-0.25, -0.2) is 14.4 Å². The molecule has 140 valence electrons. The summed E-state index contributed by atoms with van der Waals surface area (Å²) < 4.78 is 0. The Hall–Kier alpha value is -1.96. The van der Waals surface area contributed by atoms with Crippen LogP contribution in [0.2, 0.25) is 0 Å². The monoisotopic (exact) mass is 370 g/mol. The minimum atomic E-state index is -2.10. The first kappa shape index (κ1) is 19.4. The van der Waals surface area contributed by atoms with E-state index in [4.69, 9.17) is 0 Å². The van der Waals surface area contributed by atoms with E-state index in [1.54, 1.807) is 6.92 Å². The predicted octanol–water partition coefficient (Wildman–Crippen LogP) is 2.74. The number of hydrogen-bond acceptors (Lipinski definition) is 3. The average Bonchev–Trinajstić information content (AvgIpc) is 3.17. The molecule has 1 fully saturated rings. The molecule has 0 spiro atoms. The molecule has 2 aliphatic rings. The quantitative estimate of drug-likeness (QED) is 0.550. The van der Waals surface area contributed by atoms with E-state index in [0.717, 1.165) is 12.8 Å². The van der Waals surface area contributed by atoms with Crippen LogP contribution in [0, 0.1) is 0 Å². The van der Waals surface area contributed by atoms with Crippen molar-refractivity contribution in [2.75, 3.05) is 11.5 Å². The lowest BCUT2D eigenvalue weighted by Crippen LogP contribution is -2.43. The van der Waals surface area contributed by atoms with Gasteiger partial charge in [0.1, 0.15) is 0 Å². The van der Waals surface area contributed by atoms with E-state index in [1.165, 1.54) is 0 Å². The number of carbonyl (C=O) groups excluding carboxylic acids is 1. The fourth-order valence-electron chi connectivity index (χ4n) is 3.31. The third-order valence-corrected chi connectivity index (χ3v) is 9.24. The van der Waals surface area contributed by atoms with E-state index in [2.05, 4.69) is 10.6 Å². The van der Waals surface area contributed by atoms with Gasteiger partial charge < -0.3 is 20.8 Å². The van der Waals surface area contributed by atoms with Gasteiger partial charge in [-0.15, -0.1) is 0 Å². The summed E-state index contributed by atoms with van der Waals surface area (Å²) in [5.74, 6) is -1.35. The van der Waals surface area contributed by atoms with Crippen LogP contribution >= 0.6 is 10.0 Å². The molecule has 4 N–H and O–H groups in total. The molecular formula is C17H26N2O5S. The maximum absolute atomic E-state index is 12.4. The summed E-state index contributed by atoms with van der Waals surface area (Å²) in [5, 5.41) is 25.4. The number of carbonyl (C=O) groups is 3. The molecule has 1 aliphatic carbocycles. The minimum Gasteiger partial charge on any atom is -0.478 e. The normalized spacial score (nSPS) is 21.8. The summed E-state index contributed by atoms with van der Waals surface area (Å²) in [7, 11) is -2.10.